The topological polar surface area (TPSA) is 32.3 Å². The van der Waals surface area contributed by atoms with Crippen molar-refractivity contribution in [3.63, 3.8) is 0 Å². The molecule has 0 aromatic heterocycles. The number of anilines is 1. The van der Waals surface area contributed by atoms with Crippen molar-refractivity contribution in [3.8, 4) is 0 Å². The molecule has 1 aromatic carbocycles. The normalized spacial score (nSPS) is 11.2. The number of amides is 1. The molecule has 0 spiro atoms. The van der Waals surface area contributed by atoms with E-state index < -0.39 is 0 Å². The van der Waals surface area contributed by atoms with Gasteiger partial charge in [0.1, 0.15) is 0 Å². The number of hydrogen-bond donors (Lipinski definition) is 1. The smallest absolute Gasteiger partial charge is 0.255 e. The Bertz CT molecular complexity index is 436. The predicted molar refractivity (Wildman–Crippen MR) is 77.4 cm³/mol. The van der Waals surface area contributed by atoms with Crippen LogP contribution in [0.4, 0.5) is 5.69 Å². The Balaban J connectivity index is 3.01. The van der Waals surface area contributed by atoms with Gasteiger partial charge in [0.05, 0.1) is 5.56 Å². The highest BCUT2D eigenvalue weighted by atomic mass is 35.5. The Hall–Kier alpha value is -1.22. The Kier molecular flexibility index (Phi) is 4.63. The number of nitrogens with one attached hydrogen (secondary N) is 1. The maximum absolute atomic E-state index is 12.0. The standard InChI is InChI=1S/C14H21ClN2O/c1-14(2,3)9-16-12-8-10(15)6-7-11(12)13(18)17(4)5/h6-8,16H,9H2,1-5H3. The van der Waals surface area contributed by atoms with Gasteiger partial charge in [-0.25, -0.2) is 0 Å². The monoisotopic (exact) mass is 268 g/mol. The van der Waals surface area contributed by atoms with Gasteiger partial charge in [-0.2, -0.15) is 0 Å². The molecule has 0 atom stereocenters. The van der Waals surface area contributed by atoms with Crippen LogP contribution in [0.3, 0.4) is 0 Å². The summed E-state index contributed by atoms with van der Waals surface area (Å²) >= 11 is 5.99. The van der Waals surface area contributed by atoms with Crippen molar-refractivity contribution in [1.82, 2.24) is 4.90 Å². The molecular weight excluding hydrogens is 248 g/mol. The summed E-state index contributed by atoms with van der Waals surface area (Å²) in [6.07, 6.45) is 0. The lowest BCUT2D eigenvalue weighted by Crippen LogP contribution is -2.25. The summed E-state index contributed by atoms with van der Waals surface area (Å²) in [6.45, 7) is 7.19. The SMILES string of the molecule is CN(C)C(=O)c1ccc(Cl)cc1NCC(C)(C)C. The highest BCUT2D eigenvalue weighted by Gasteiger charge is 2.16. The summed E-state index contributed by atoms with van der Waals surface area (Å²) in [4.78, 5) is 13.6. The lowest BCUT2D eigenvalue weighted by molar-refractivity contribution is 0.0828. The minimum absolute atomic E-state index is 0.0249. The van der Waals surface area contributed by atoms with Crippen molar-refractivity contribution in [1.29, 1.82) is 0 Å². The Morgan fingerprint density at radius 3 is 2.44 bits per heavy atom. The predicted octanol–water partition coefficient (Wildman–Crippen LogP) is 3.50. The molecule has 0 bridgehead atoms. The van der Waals surface area contributed by atoms with Crippen LogP contribution in [-0.2, 0) is 0 Å². The number of carbonyl (C=O) groups excluding carboxylic acids is 1. The van der Waals surface area contributed by atoms with Crippen LogP contribution in [0.25, 0.3) is 0 Å². The van der Waals surface area contributed by atoms with E-state index in [2.05, 4.69) is 26.1 Å². The molecule has 0 heterocycles. The first-order valence-corrected chi connectivity index (χ1v) is 6.33. The number of rotatable bonds is 3. The van der Waals surface area contributed by atoms with Crippen LogP contribution in [0, 0.1) is 5.41 Å². The summed E-state index contributed by atoms with van der Waals surface area (Å²) in [7, 11) is 3.48. The molecular formula is C14H21ClN2O. The molecule has 0 aliphatic carbocycles. The highest BCUT2D eigenvalue weighted by molar-refractivity contribution is 6.31. The second kappa shape index (κ2) is 5.61. The molecule has 0 aliphatic heterocycles. The molecule has 3 nitrogen and oxygen atoms in total. The zero-order valence-electron chi connectivity index (χ0n) is 11.7. The van der Waals surface area contributed by atoms with E-state index in [4.69, 9.17) is 11.6 Å². The van der Waals surface area contributed by atoms with E-state index in [-0.39, 0.29) is 11.3 Å². The molecule has 100 valence electrons. The summed E-state index contributed by atoms with van der Waals surface area (Å²) in [5.74, 6) is -0.0249. The van der Waals surface area contributed by atoms with Crippen molar-refractivity contribution < 1.29 is 4.79 Å². The van der Waals surface area contributed by atoms with Crippen LogP contribution in [0.5, 0.6) is 0 Å². The number of hydrogen-bond acceptors (Lipinski definition) is 2. The average molecular weight is 269 g/mol. The van der Waals surface area contributed by atoms with E-state index in [9.17, 15) is 4.79 Å². The minimum atomic E-state index is -0.0249. The maximum atomic E-state index is 12.0. The van der Waals surface area contributed by atoms with Gasteiger partial charge in [0.15, 0.2) is 0 Å². The van der Waals surface area contributed by atoms with Gasteiger partial charge in [-0.3, -0.25) is 4.79 Å². The first kappa shape index (κ1) is 14.8. The third-order valence-corrected chi connectivity index (χ3v) is 2.66. The first-order valence-electron chi connectivity index (χ1n) is 5.96. The molecule has 0 saturated heterocycles. The average Bonchev–Trinajstić information content (AvgIpc) is 2.24. The fourth-order valence-electron chi connectivity index (χ4n) is 1.45. The molecule has 0 aliphatic rings. The van der Waals surface area contributed by atoms with E-state index in [0.29, 0.717) is 10.6 Å². The van der Waals surface area contributed by atoms with Crippen molar-refractivity contribution in [2.45, 2.75) is 20.8 Å². The second-order valence-electron chi connectivity index (χ2n) is 5.80. The van der Waals surface area contributed by atoms with Crippen LogP contribution < -0.4 is 5.32 Å². The molecule has 1 rings (SSSR count). The number of benzene rings is 1. The highest BCUT2D eigenvalue weighted by Crippen LogP contribution is 2.24. The van der Waals surface area contributed by atoms with Crippen LogP contribution in [-0.4, -0.2) is 31.4 Å². The fourth-order valence-corrected chi connectivity index (χ4v) is 1.62. The van der Waals surface area contributed by atoms with Crippen molar-refractivity contribution >= 4 is 23.2 Å². The van der Waals surface area contributed by atoms with E-state index >= 15 is 0 Å². The zero-order chi connectivity index (χ0) is 13.9. The van der Waals surface area contributed by atoms with Gasteiger partial charge in [0.25, 0.3) is 5.91 Å². The van der Waals surface area contributed by atoms with Crippen LogP contribution in [0.15, 0.2) is 18.2 Å². The van der Waals surface area contributed by atoms with Gasteiger partial charge in [0.2, 0.25) is 0 Å². The van der Waals surface area contributed by atoms with Gasteiger partial charge >= 0.3 is 0 Å². The molecule has 1 amide bonds. The van der Waals surface area contributed by atoms with E-state index in [1.54, 1.807) is 37.2 Å². The van der Waals surface area contributed by atoms with Gasteiger partial charge in [-0.15, -0.1) is 0 Å². The molecule has 1 aromatic rings. The molecule has 0 saturated carbocycles. The lowest BCUT2D eigenvalue weighted by Gasteiger charge is -2.22. The second-order valence-corrected chi connectivity index (χ2v) is 6.24. The third kappa shape index (κ3) is 4.22. The summed E-state index contributed by atoms with van der Waals surface area (Å²) < 4.78 is 0. The number of halogens is 1. The van der Waals surface area contributed by atoms with Crippen molar-refractivity contribution in [2.24, 2.45) is 5.41 Å². The third-order valence-electron chi connectivity index (χ3n) is 2.43. The molecule has 0 unspecified atom stereocenters. The molecule has 4 heteroatoms. The van der Waals surface area contributed by atoms with Crippen LogP contribution in [0.1, 0.15) is 31.1 Å². The molecule has 18 heavy (non-hydrogen) atoms. The van der Waals surface area contributed by atoms with Gasteiger partial charge < -0.3 is 10.2 Å². The van der Waals surface area contributed by atoms with E-state index in [0.717, 1.165) is 12.2 Å². The maximum Gasteiger partial charge on any atom is 0.255 e. The van der Waals surface area contributed by atoms with E-state index in [1.807, 2.05) is 0 Å². The van der Waals surface area contributed by atoms with Gasteiger partial charge in [-0.1, -0.05) is 32.4 Å². The van der Waals surface area contributed by atoms with Crippen LogP contribution in [0.2, 0.25) is 5.02 Å². The molecule has 0 radical (unpaired) electrons. The minimum Gasteiger partial charge on any atom is -0.384 e. The van der Waals surface area contributed by atoms with E-state index in [1.165, 1.54) is 0 Å². The quantitative estimate of drug-likeness (QED) is 0.910. The lowest BCUT2D eigenvalue weighted by atomic mass is 9.96. The number of carbonyl (C=O) groups is 1. The van der Waals surface area contributed by atoms with Gasteiger partial charge in [-0.05, 0) is 23.6 Å². The Morgan fingerprint density at radius 2 is 1.94 bits per heavy atom. The summed E-state index contributed by atoms with van der Waals surface area (Å²) in [5.41, 5.74) is 1.57. The number of nitrogens with zero attached hydrogens (tertiary/aromatic N) is 1. The molecule has 1 N–H and O–H groups in total. The zero-order valence-corrected chi connectivity index (χ0v) is 12.4. The molecule has 0 fully saturated rings. The van der Waals surface area contributed by atoms with Crippen LogP contribution >= 0.6 is 11.6 Å². The largest absolute Gasteiger partial charge is 0.384 e. The van der Waals surface area contributed by atoms with Crippen molar-refractivity contribution in [3.05, 3.63) is 28.8 Å². The Morgan fingerprint density at radius 1 is 1.33 bits per heavy atom. The fraction of sp³-hybridized carbons (Fsp3) is 0.500. The van der Waals surface area contributed by atoms with Crippen molar-refractivity contribution in [2.75, 3.05) is 26.0 Å². The Labute approximate surface area is 114 Å². The first-order chi connectivity index (χ1) is 8.20. The summed E-state index contributed by atoms with van der Waals surface area (Å²) in [6, 6.07) is 5.29. The summed E-state index contributed by atoms with van der Waals surface area (Å²) in [5, 5.41) is 3.92. The van der Waals surface area contributed by atoms with Gasteiger partial charge in [0, 0.05) is 31.4 Å².